The zero-order chi connectivity index (χ0) is 10.1. The fraction of sp³-hybridized carbons (Fsp3) is 0.273. The molecule has 1 aromatic carbocycles. The van der Waals surface area contributed by atoms with E-state index in [1.54, 1.807) is 0 Å². The molecule has 3 rings (SSSR count). The molecule has 0 unspecified atom stereocenters. The van der Waals surface area contributed by atoms with E-state index in [9.17, 15) is 0 Å². The predicted octanol–water partition coefficient (Wildman–Crippen LogP) is 1.46. The quantitative estimate of drug-likeness (QED) is 0.758. The lowest BCUT2D eigenvalue weighted by Crippen LogP contribution is -2.28. The van der Waals surface area contributed by atoms with Gasteiger partial charge in [0.1, 0.15) is 0 Å². The summed E-state index contributed by atoms with van der Waals surface area (Å²) in [4.78, 5) is 4.07. The first kappa shape index (κ1) is 8.61. The van der Waals surface area contributed by atoms with Gasteiger partial charge in [-0.25, -0.2) is 0 Å². The van der Waals surface area contributed by atoms with Crippen LogP contribution in [0.1, 0.15) is 23.1 Å². The van der Waals surface area contributed by atoms with Crippen LogP contribution in [0.2, 0.25) is 0 Å². The summed E-state index contributed by atoms with van der Waals surface area (Å²) in [6.07, 6.45) is 2.36. The van der Waals surface area contributed by atoms with E-state index >= 15 is 0 Å². The Kier molecular flexibility index (Phi) is 1.99. The maximum Gasteiger partial charge on any atom is 0.243 e. The summed E-state index contributed by atoms with van der Waals surface area (Å²) >= 11 is 0. The van der Waals surface area contributed by atoms with Crippen molar-refractivity contribution < 1.29 is 4.52 Å². The molecule has 4 heteroatoms. The van der Waals surface area contributed by atoms with Gasteiger partial charge in [0.2, 0.25) is 5.89 Å². The predicted molar refractivity (Wildman–Crippen MR) is 54.0 cm³/mol. The third-order valence-electron chi connectivity index (χ3n) is 2.76. The molecule has 2 aromatic rings. The van der Waals surface area contributed by atoms with E-state index in [1.807, 2.05) is 0 Å². The van der Waals surface area contributed by atoms with Gasteiger partial charge in [-0.2, -0.15) is 4.98 Å². The molecule has 1 N–H and O–H groups in total. The normalized spacial score (nSPS) is 19.9. The van der Waals surface area contributed by atoms with Crippen molar-refractivity contribution >= 4 is 0 Å². The molecule has 0 radical (unpaired) electrons. The van der Waals surface area contributed by atoms with Gasteiger partial charge in [0.25, 0.3) is 0 Å². The van der Waals surface area contributed by atoms with Gasteiger partial charge >= 0.3 is 0 Å². The minimum atomic E-state index is 0.155. The molecule has 1 aliphatic heterocycles. The Labute approximate surface area is 87.3 Å². The summed E-state index contributed by atoms with van der Waals surface area (Å²) in [6.45, 7) is 0.864. The Morgan fingerprint density at radius 3 is 2.93 bits per heavy atom. The first-order valence-electron chi connectivity index (χ1n) is 5.00. The molecule has 0 aliphatic carbocycles. The zero-order valence-corrected chi connectivity index (χ0v) is 8.18. The van der Waals surface area contributed by atoms with Crippen LogP contribution in [0.25, 0.3) is 0 Å². The first-order chi connectivity index (χ1) is 7.43. The minimum Gasteiger partial charge on any atom is -0.338 e. The number of benzene rings is 1. The Balaban J connectivity index is 1.89. The van der Waals surface area contributed by atoms with Crippen molar-refractivity contribution in [2.75, 3.05) is 0 Å². The summed E-state index contributed by atoms with van der Waals surface area (Å²) in [5.41, 5.74) is 2.72. The first-order valence-corrected chi connectivity index (χ1v) is 5.00. The van der Waals surface area contributed by atoms with Crippen LogP contribution in [-0.2, 0) is 13.0 Å². The van der Waals surface area contributed by atoms with E-state index in [0.29, 0.717) is 5.89 Å². The Hall–Kier alpha value is -1.68. The van der Waals surface area contributed by atoms with E-state index in [-0.39, 0.29) is 6.04 Å². The molecular weight excluding hydrogens is 190 g/mol. The largest absolute Gasteiger partial charge is 0.338 e. The molecule has 0 saturated heterocycles. The van der Waals surface area contributed by atoms with Crippen LogP contribution in [0.5, 0.6) is 0 Å². The highest BCUT2D eigenvalue weighted by atomic mass is 16.5. The van der Waals surface area contributed by atoms with Crippen molar-refractivity contribution in [3.63, 3.8) is 0 Å². The Morgan fingerprint density at radius 1 is 1.27 bits per heavy atom. The van der Waals surface area contributed by atoms with Crippen LogP contribution in [0.3, 0.4) is 0 Å². The highest BCUT2D eigenvalue weighted by Crippen LogP contribution is 2.23. The number of rotatable bonds is 1. The van der Waals surface area contributed by atoms with Gasteiger partial charge in [-0.15, -0.1) is 0 Å². The molecule has 1 aliphatic rings. The third-order valence-corrected chi connectivity index (χ3v) is 2.76. The second-order valence-electron chi connectivity index (χ2n) is 3.69. The monoisotopic (exact) mass is 201 g/mol. The van der Waals surface area contributed by atoms with Crippen LogP contribution in [0.15, 0.2) is 35.1 Å². The Morgan fingerprint density at radius 2 is 2.13 bits per heavy atom. The van der Waals surface area contributed by atoms with Gasteiger partial charge in [-0.05, 0) is 17.5 Å². The molecule has 0 saturated carbocycles. The average Bonchev–Trinajstić information content (AvgIpc) is 2.82. The maximum absolute atomic E-state index is 5.06. The van der Waals surface area contributed by atoms with E-state index in [1.165, 1.54) is 17.5 Å². The number of aromatic nitrogens is 2. The van der Waals surface area contributed by atoms with E-state index in [4.69, 9.17) is 4.52 Å². The number of nitrogens with one attached hydrogen (secondary N) is 1. The summed E-state index contributed by atoms with van der Waals surface area (Å²) in [7, 11) is 0. The van der Waals surface area contributed by atoms with Gasteiger partial charge in [-0.3, -0.25) is 0 Å². The van der Waals surface area contributed by atoms with Gasteiger partial charge in [-0.1, -0.05) is 29.4 Å². The third kappa shape index (κ3) is 1.53. The molecule has 0 amide bonds. The summed E-state index contributed by atoms with van der Waals surface area (Å²) in [5, 5.41) is 7.01. The van der Waals surface area contributed by atoms with Crippen molar-refractivity contribution in [3.8, 4) is 0 Å². The zero-order valence-electron chi connectivity index (χ0n) is 8.18. The van der Waals surface area contributed by atoms with Crippen molar-refractivity contribution in [1.29, 1.82) is 0 Å². The van der Waals surface area contributed by atoms with E-state index in [0.717, 1.165) is 13.0 Å². The molecule has 1 atom stereocenters. The van der Waals surface area contributed by atoms with Crippen molar-refractivity contribution in [2.24, 2.45) is 0 Å². The van der Waals surface area contributed by atoms with Crippen LogP contribution < -0.4 is 5.32 Å². The van der Waals surface area contributed by atoms with Crippen LogP contribution in [0, 0.1) is 0 Å². The number of fused-ring (bicyclic) bond motifs is 1. The van der Waals surface area contributed by atoms with E-state index in [2.05, 4.69) is 39.7 Å². The van der Waals surface area contributed by atoms with Gasteiger partial charge in [0.15, 0.2) is 6.33 Å². The van der Waals surface area contributed by atoms with E-state index < -0.39 is 0 Å². The standard InChI is InChI=1S/C11H11N3O/c1-2-4-9-6-12-10(5-8(9)3-1)11-13-7-14-15-11/h1-4,7,10,12H,5-6H2/t10-/m1/s1. The number of nitrogens with zero attached hydrogens (tertiary/aromatic N) is 2. The highest BCUT2D eigenvalue weighted by molar-refractivity contribution is 5.30. The maximum atomic E-state index is 5.06. The topological polar surface area (TPSA) is 51.0 Å². The summed E-state index contributed by atoms with van der Waals surface area (Å²) in [5.74, 6) is 0.671. The highest BCUT2D eigenvalue weighted by Gasteiger charge is 2.22. The molecule has 0 spiro atoms. The fourth-order valence-electron chi connectivity index (χ4n) is 1.96. The molecule has 0 bridgehead atoms. The Bertz CT molecular complexity index is 453. The van der Waals surface area contributed by atoms with Crippen molar-refractivity contribution in [2.45, 2.75) is 19.0 Å². The SMILES string of the molecule is c1ccc2c(c1)CN[C@@H](c1ncno1)C2. The molecule has 0 fully saturated rings. The van der Waals surface area contributed by atoms with Crippen LogP contribution in [-0.4, -0.2) is 10.1 Å². The molecule has 76 valence electrons. The lowest BCUT2D eigenvalue weighted by atomic mass is 9.96. The molecule has 1 aromatic heterocycles. The second kappa shape index (κ2) is 3.47. The lowest BCUT2D eigenvalue weighted by molar-refractivity contribution is 0.320. The van der Waals surface area contributed by atoms with Crippen molar-refractivity contribution in [1.82, 2.24) is 15.5 Å². The molecule has 2 heterocycles. The van der Waals surface area contributed by atoms with Crippen LogP contribution in [0.4, 0.5) is 0 Å². The van der Waals surface area contributed by atoms with Crippen LogP contribution >= 0.6 is 0 Å². The smallest absolute Gasteiger partial charge is 0.243 e. The van der Waals surface area contributed by atoms with Gasteiger partial charge in [0.05, 0.1) is 6.04 Å². The average molecular weight is 201 g/mol. The fourth-order valence-corrected chi connectivity index (χ4v) is 1.96. The number of hydrogen-bond acceptors (Lipinski definition) is 4. The van der Waals surface area contributed by atoms with Crippen molar-refractivity contribution in [3.05, 3.63) is 47.6 Å². The van der Waals surface area contributed by atoms with Gasteiger partial charge < -0.3 is 9.84 Å². The summed E-state index contributed by atoms with van der Waals surface area (Å²) < 4.78 is 5.06. The number of hydrogen-bond donors (Lipinski definition) is 1. The lowest BCUT2D eigenvalue weighted by Gasteiger charge is -2.23. The minimum absolute atomic E-state index is 0.155. The van der Waals surface area contributed by atoms with Gasteiger partial charge in [0, 0.05) is 6.54 Å². The molecular formula is C11H11N3O. The molecule has 15 heavy (non-hydrogen) atoms. The second-order valence-corrected chi connectivity index (χ2v) is 3.69. The molecule has 4 nitrogen and oxygen atoms in total. The summed E-state index contributed by atoms with van der Waals surface area (Å²) in [6, 6.07) is 8.58.